The van der Waals surface area contributed by atoms with Gasteiger partial charge in [-0.1, -0.05) is 0 Å². The Morgan fingerprint density at radius 2 is 1.64 bits per heavy atom. The molecule has 3 unspecified atom stereocenters. The third-order valence-electron chi connectivity index (χ3n) is 2.97. The van der Waals surface area contributed by atoms with Crippen LogP contribution < -0.4 is 21.7 Å². The summed E-state index contributed by atoms with van der Waals surface area (Å²) in [6.07, 6.45) is -2.24. The molecule has 0 aromatic heterocycles. The number of aliphatic carboxylic acids is 2. The molecule has 0 aromatic carbocycles. The quantitative estimate of drug-likeness (QED) is 0.193. The molecule has 142 valence electrons. The van der Waals surface area contributed by atoms with Crippen LogP contribution in [0.25, 0.3) is 0 Å². The van der Waals surface area contributed by atoms with Gasteiger partial charge < -0.3 is 37.0 Å². The number of carboxylic acids is 2. The maximum atomic E-state index is 12.1. The van der Waals surface area contributed by atoms with E-state index in [1.54, 1.807) is 0 Å². The molecule has 3 atom stereocenters. The SMILES string of the molecule is CC(O)C(NC(=O)CNC(=O)CN)C(=O)NC(CCC(=O)O)C(=O)O. The second kappa shape index (κ2) is 10.9. The van der Waals surface area contributed by atoms with Gasteiger partial charge in [0.1, 0.15) is 12.1 Å². The van der Waals surface area contributed by atoms with Gasteiger partial charge >= 0.3 is 11.9 Å². The first-order valence-corrected chi connectivity index (χ1v) is 7.27. The second-order valence-corrected chi connectivity index (χ2v) is 5.10. The zero-order valence-electron chi connectivity index (χ0n) is 13.5. The molecule has 12 heteroatoms. The highest BCUT2D eigenvalue weighted by atomic mass is 16.4. The minimum atomic E-state index is -1.50. The van der Waals surface area contributed by atoms with Crippen LogP contribution in [0.5, 0.6) is 0 Å². The van der Waals surface area contributed by atoms with Crippen molar-refractivity contribution in [3.8, 4) is 0 Å². The lowest BCUT2D eigenvalue weighted by Gasteiger charge is -2.23. The third-order valence-corrected chi connectivity index (χ3v) is 2.97. The number of nitrogens with one attached hydrogen (secondary N) is 3. The molecular weight excluding hydrogens is 340 g/mol. The van der Waals surface area contributed by atoms with Crippen LogP contribution in [0.2, 0.25) is 0 Å². The fraction of sp³-hybridized carbons (Fsp3) is 0.615. The Morgan fingerprint density at radius 1 is 1.04 bits per heavy atom. The maximum absolute atomic E-state index is 12.1. The molecule has 0 radical (unpaired) electrons. The van der Waals surface area contributed by atoms with Crippen LogP contribution >= 0.6 is 0 Å². The smallest absolute Gasteiger partial charge is 0.326 e. The number of amides is 3. The first-order valence-electron chi connectivity index (χ1n) is 7.27. The Morgan fingerprint density at radius 3 is 2.08 bits per heavy atom. The van der Waals surface area contributed by atoms with Gasteiger partial charge in [0.2, 0.25) is 17.7 Å². The van der Waals surface area contributed by atoms with Gasteiger partial charge in [0.05, 0.1) is 19.2 Å². The Balaban J connectivity index is 4.80. The number of hydrogen-bond donors (Lipinski definition) is 7. The lowest BCUT2D eigenvalue weighted by Crippen LogP contribution is -2.57. The van der Waals surface area contributed by atoms with Crippen molar-refractivity contribution in [1.82, 2.24) is 16.0 Å². The number of carbonyl (C=O) groups excluding carboxylic acids is 3. The van der Waals surface area contributed by atoms with Crippen molar-refractivity contribution in [2.24, 2.45) is 5.73 Å². The van der Waals surface area contributed by atoms with Crippen molar-refractivity contribution in [2.75, 3.05) is 13.1 Å². The van der Waals surface area contributed by atoms with Crippen LogP contribution in [-0.4, -0.2) is 76.3 Å². The van der Waals surface area contributed by atoms with E-state index in [9.17, 15) is 29.1 Å². The number of aliphatic hydroxyl groups is 1. The summed E-state index contributed by atoms with van der Waals surface area (Å²) in [5.41, 5.74) is 5.04. The molecule has 0 heterocycles. The molecule has 0 rings (SSSR count). The van der Waals surface area contributed by atoms with Crippen LogP contribution in [-0.2, 0) is 24.0 Å². The van der Waals surface area contributed by atoms with Crippen LogP contribution in [0.15, 0.2) is 0 Å². The molecule has 0 spiro atoms. The molecule has 0 aliphatic rings. The standard InChI is InChI=1S/C13H22N4O8/c1-6(18)11(17-9(20)5-15-8(19)4-14)12(23)16-7(13(24)25)2-3-10(21)22/h6-7,11,18H,2-5,14H2,1H3,(H,15,19)(H,16,23)(H,17,20)(H,21,22)(H,24,25). The van der Waals surface area contributed by atoms with Gasteiger partial charge in [-0.15, -0.1) is 0 Å². The van der Waals surface area contributed by atoms with Crippen LogP contribution in [0.3, 0.4) is 0 Å². The number of aliphatic hydroxyl groups excluding tert-OH is 1. The Hall–Kier alpha value is -2.73. The average molecular weight is 362 g/mol. The monoisotopic (exact) mass is 362 g/mol. The number of carbonyl (C=O) groups is 5. The zero-order chi connectivity index (χ0) is 19.6. The number of hydrogen-bond acceptors (Lipinski definition) is 7. The average Bonchev–Trinajstić information content (AvgIpc) is 2.52. The largest absolute Gasteiger partial charge is 0.481 e. The van der Waals surface area contributed by atoms with E-state index in [1.807, 2.05) is 0 Å². The Bertz CT molecular complexity index is 522. The van der Waals surface area contributed by atoms with Gasteiger partial charge in [-0.05, 0) is 13.3 Å². The molecule has 12 nitrogen and oxygen atoms in total. The van der Waals surface area contributed by atoms with E-state index in [4.69, 9.17) is 15.9 Å². The molecule has 0 aliphatic carbocycles. The van der Waals surface area contributed by atoms with Crippen molar-refractivity contribution in [3.05, 3.63) is 0 Å². The summed E-state index contributed by atoms with van der Waals surface area (Å²) >= 11 is 0. The van der Waals surface area contributed by atoms with Gasteiger partial charge in [-0.2, -0.15) is 0 Å². The lowest BCUT2D eigenvalue weighted by molar-refractivity contribution is -0.144. The minimum absolute atomic E-state index is 0.336. The summed E-state index contributed by atoms with van der Waals surface area (Å²) in [6, 6.07) is -2.99. The van der Waals surface area contributed by atoms with E-state index in [0.29, 0.717) is 0 Å². The summed E-state index contributed by atoms with van der Waals surface area (Å²) < 4.78 is 0. The van der Waals surface area contributed by atoms with Crippen molar-refractivity contribution in [2.45, 2.75) is 38.0 Å². The number of rotatable bonds is 11. The van der Waals surface area contributed by atoms with E-state index in [2.05, 4.69) is 16.0 Å². The van der Waals surface area contributed by atoms with Crippen LogP contribution in [0, 0.1) is 0 Å². The lowest BCUT2D eigenvalue weighted by atomic mass is 10.1. The Labute approximate surface area is 142 Å². The molecule has 25 heavy (non-hydrogen) atoms. The molecule has 8 N–H and O–H groups in total. The fourth-order valence-corrected chi connectivity index (χ4v) is 1.67. The first kappa shape index (κ1) is 22.3. The van der Waals surface area contributed by atoms with Crippen LogP contribution in [0.1, 0.15) is 19.8 Å². The van der Waals surface area contributed by atoms with E-state index < -0.39 is 60.8 Å². The summed E-state index contributed by atoms with van der Waals surface area (Å²) in [7, 11) is 0. The topological polar surface area (TPSA) is 208 Å². The summed E-state index contributed by atoms with van der Waals surface area (Å²) in [5, 5.41) is 33.5. The number of nitrogens with two attached hydrogens (primary N) is 1. The molecular formula is C13H22N4O8. The molecule has 0 saturated heterocycles. The van der Waals surface area contributed by atoms with Crippen molar-refractivity contribution in [3.63, 3.8) is 0 Å². The highest BCUT2D eigenvalue weighted by Gasteiger charge is 2.29. The highest BCUT2D eigenvalue weighted by Crippen LogP contribution is 2.01. The normalized spacial score (nSPS) is 13.9. The van der Waals surface area contributed by atoms with Crippen molar-refractivity contribution in [1.29, 1.82) is 0 Å². The predicted molar refractivity (Wildman–Crippen MR) is 82.1 cm³/mol. The predicted octanol–water partition coefficient (Wildman–Crippen LogP) is -3.64. The first-order chi connectivity index (χ1) is 11.6. The van der Waals surface area contributed by atoms with E-state index in [1.165, 1.54) is 6.92 Å². The van der Waals surface area contributed by atoms with Gasteiger partial charge in [-0.25, -0.2) is 4.79 Å². The number of carboxylic acid groups (broad SMARTS) is 2. The van der Waals surface area contributed by atoms with Gasteiger partial charge in [0.15, 0.2) is 0 Å². The van der Waals surface area contributed by atoms with Crippen LogP contribution in [0.4, 0.5) is 0 Å². The highest BCUT2D eigenvalue weighted by molar-refractivity contribution is 5.92. The second-order valence-electron chi connectivity index (χ2n) is 5.10. The summed E-state index contributed by atoms with van der Waals surface area (Å²) in [5.74, 6) is -5.11. The molecule has 0 bridgehead atoms. The molecule has 3 amide bonds. The van der Waals surface area contributed by atoms with Crippen molar-refractivity contribution >= 4 is 29.7 Å². The van der Waals surface area contributed by atoms with E-state index in [0.717, 1.165) is 0 Å². The molecule has 0 saturated carbocycles. The fourth-order valence-electron chi connectivity index (χ4n) is 1.67. The zero-order valence-corrected chi connectivity index (χ0v) is 13.5. The third kappa shape index (κ3) is 9.22. The Kier molecular flexibility index (Phi) is 9.74. The molecule has 0 aliphatic heterocycles. The molecule has 0 fully saturated rings. The molecule has 0 aromatic rings. The summed E-state index contributed by atoms with van der Waals surface area (Å²) in [4.78, 5) is 56.3. The van der Waals surface area contributed by atoms with Crippen molar-refractivity contribution < 1.29 is 39.3 Å². The van der Waals surface area contributed by atoms with Gasteiger partial charge in [0, 0.05) is 6.42 Å². The minimum Gasteiger partial charge on any atom is -0.481 e. The summed E-state index contributed by atoms with van der Waals surface area (Å²) in [6.45, 7) is 0.362. The van der Waals surface area contributed by atoms with E-state index >= 15 is 0 Å². The van der Waals surface area contributed by atoms with E-state index in [-0.39, 0.29) is 13.0 Å². The van der Waals surface area contributed by atoms with Gasteiger partial charge in [0.25, 0.3) is 0 Å². The maximum Gasteiger partial charge on any atom is 0.326 e. The van der Waals surface area contributed by atoms with Gasteiger partial charge in [-0.3, -0.25) is 19.2 Å².